The third-order valence-electron chi connectivity index (χ3n) is 3.06. The molecule has 0 aromatic heterocycles. The molecule has 3 nitrogen and oxygen atoms in total. The van der Waals surface area contributed by atoms with Gasteiger partial charge in [0.25, 0.3) is 0 Å². The minimum Gasteiger partial charge on any atom is -0.508 e. The van der Waals surface area contributed by atoms with Crippen LogP contribution in [-0.4, -0.2) is 30.9 Å². The lowest BCUT2D eigenvalue weighted by Crippen LogP contribution is -2.31. The lowest BCUT2D eigenvalue weighted by molar-refractivity contribution is 0.123. The third-order valence-corrected chi connectivity index (χ3v) is 3.06. The van der Waals surface area contributed by atoms with Crippen molar-refractivity contribution in [3.05, 3.63) is 29.8 Å². The summed E-state index contributed by atoms with van der Waals surface area (Å²) in [5, 5.41) is 12.7. The van der Waals surface area contributed by atoms with Crippen molar-refractivity contribution in [2.24, 2.45) is 5.92 Å². The Morgan fingerprint density at radius 3 is 2.42 bits per heavy atom. The normalized spacial score (nSPS) is 12.8. The smallest absolute Gasteiger partial charge is 0.115 e. The minimum atomic E-state index is 0.322. The molecule has 0 aliphatic carbocycles. The van der Waals surface area contributed by atoms with Gasteiger partial charge in [0.1, 0.15) is 5.75 Å². The van der Waals surface area contributed by atoms with Crippen LogP contribution >= 0.6 is 0 Å². The summed E-state index contributed by atoms with van der Waals surface area (Å²) < 4.78 is 5.57. The standard InChI is InChI=1S/C16H27NO2/c1-13(2)8-10-19-11-9-17-14(3)12-15-4-6-16(18)7-5-15/h4-7,13-14,17-18H,8-12H2,1-3H3. The fourth-order valence-electron chi connectivity index (χ4n) is 1.86. The largest absolute Gasteiger partial charge is 0.508 e. The van der Waals surface area contributed by atoms with Gasteiger partial charge in [-0.2, -0.15) is 0 Å². The number of ether oxygens (including phenoxy) is 1. The zero-order valence-corrected chi connectivity index (χ0v) is 12.4. The number of nitrogens with one attached hydrogen (secondary N) is 1. The van der Waals surface area contributed by atoms with Crippen LogP contribution in [0.5, 0.6) is 5.75 Å². The number of aromatic hydroxyl groups is 1. The van der Waals surface area contributed by atoms with Gasteiger partial charge in [-0.25, -0.2) is 0 Å². The van der Waals surface area contributed by atoms with Crippen molar-refractivity contribution in [1.82, 2.24) is 5.32 Å². The van der Waals surface area contributed by atoms with Crippen LogP contribution in [0.2, 0.25) is 0 Å². The van der Waals surface area contributed by atoms with E-state index < -0.39 is 0 Å². The first-order valence-corrected chi connectivity index (χ1v) is 7.17. The molecule has 1 aromatic rings. The first-order chi connectivity index (χ1) is 9.08. The number of hydrogen-bond acceptors (Lipinski definition) is 3. The van der Waals surface area contributed by atoms with Crippen LogP contribution in [0, 0.1) is 5.92 Å². The van der Waals surface area contributed by atoms with E-state index >= 15 is 0 Å². The van der Waals surface area contributed by atoms with Gasteiger partial charge < -0.3 is 15.2 Å². The van der Waals surface area contributed by atoms with Crippen LogP contribution in [0.4, 0.5) is 0 Å². The highest BCUT2D eigenvalue weighted by atomic mass is 16.5. The highest BCUT2D eigenvalue weighted by Gasteiger charge is 2.03. The van der Waals surface area contributed by atoms with Crippen molar-refractivity contribution in [3.63, 3.8) is 0 Å². The van der Waals surface area contributed by atoms with Crippen LogP contribution in [0.25, 0.3) is 0 Å². The molecule has 0 saturated carbocycles. The van der Waals surface area contributed by atoms with Gasteiger partial charge in [0.05, 0.1) is 6.61 Å². The van der Waals surface area contributed by atoms with E-state index in [1.54, 1.807) is 12.1 Å². The van der Waals surface area contributed by atoms with Crippen molar-refractivity contribution < 1.29 is 9.84 Å². The Hall–Kier alpha value is -1.06. The summed E-state index contributed by atoms with van der Waals surface area (Å²) in [6, 6.07) is 7.81. The fraction of sp³-hybridized carbons (Fsp3) is 0.625. The average molecular weight is 265 g/mol. The van der Waals surface area contributed by atoms with Crippen LogP contribution in [-0.2, 0) is 11.2 Å². The van der Waals surface area contributed by atoms with Gasteiger partial charge in [-0.15, -0.1) is 0 Å². The molecule has 0 heterocycles. The predicted octanol–water partition coefficient (Wildman–Crippen LogP) is 2.98. The molecule has 19 heavy (non-hydrogen) atoms. The number of phenolic OH excluding ortho intramolecular Hbond substituents is 1. The van der Waals surface area contributed by atoms with E-state index in [1.165, 1.54) is 5.56 Å². The van der Waals surface area contributed by atoms with Crippen molar-refractivity contribution in [2.75, 3.05) is 19.8 Å². The minimum absolute atomic E-state index is 0.322. The number of phenols is 1. The Morgan fingerprint density at radius 2 is 1.79 bits per heavy atom. The van der Waals surface area contributed by atoms with Crippen molar-refractivity contribution >= 4 is 0 Å². The molecule has 1 aromatic carbocycles. The summed E-state index contributed by atoms with van der Waals surface area (Å²) in [6.45, 7) is 9.10. The maximum absolute atomic E-state index is 9.22. The monoisotopic (exact) mass is 265 g/mol. The van der Waals surface area contributed by atoms with Gasteiger partial charge in [-0.1, -0.05) is 26.0 Å². The molecule has 0 amide bonds. The van der Waals surface area contributed by atoms with E-state index in [0.29, 0.717) is 17.7 Å². The van der Waals surface area contributed by atoms with E-state index in [1.807, 2.05) is 12.1 Å². The van der Waals surface area contributed by atoms with Gasteiger partial charge in [0.2, 0.25) is 0 Å². The molecule has 1 atom stereocenters. The summed E-state index contributed by atoms with van der Waals surface area (Å²) >= 11 is 0. The second-order valence-electron chi connectivity index (χ2n) is 5.52. The van der Waals surface area contributed by atoms with E-state index in [-0.39, 0.29) is 0 Å². The van der Waals surface area contributed by atoms with Gasteiger partial charge in [-0.05, 0) is 43.4 Å². The Bertz CT molecular complexity index is 335. The molecule has 0 bridgehead atoms. The van der Waals surface area contributed by atoms with Gasteiger partial charge in [0.15, 0.2) is 0 Å². The average Bonchev–Trinajstić information content (AvgIpc) is 2.36. The molecule has 0 radical (unpaired) electrons. The topological polar surface area (TPSA) is 41.5 Å². The van der Waals surface area contributed by atoms with E-state index in [0.717, 1.165) is 32.6 Å². The van der Waals surface area contributed by atoms with Crippen LogP contribution in [0.15, 0.2) is 24.3 Å². The molecule has 0 fully saturated rings. The first kappa shape index (κ1) is 16.0. The molecule has 2 N–H and O–H groups in total. The molecule has 1 unspecified atom stereocenters. The Balaban J connectivity index is 2.08. The summed E-state index contributed by atoms with van der Waals surface area (Å²) in [5.74, 6) is 1.03. The van der Waals surface area contributed by atoms with Crippen LogP contribution in [0.1, 0.15) is 32.8 Å². The lowest BCUT2D eigenvalue weighted by Gasteiger charge is -2.14. The molecule has 0 aliphatic heterocycles. The Morgan fingerprint density at radius 1 is 1.11 bits per heavy atom. The van der Waals surface area contributed by atoms with Gasteiger partial charge >= 0.3 is 0 Å². The molecular weight excluding hydrogens is 238 g/mol. The van der Waals surface area contributed by atoms with Crippen molar-refractivity contribution in [1.29, 1.82) is 0 Å². The molecule has 3 heteroatoms. The Kier molecular flexibility index (Phi) is 7.53. The lowest BCUT2D eigenvalue weighted by atomic mass is 10.1. The van der Waals surface area contributed by atoms with Gasteiger partial charge in [0, 0.05) is 19.2 Å². The fourth-order valence-corrected chi connectivity index (χ4v) is 1.86. The maximum atomic E-state index is 9.22. The highest BCUT2D eigenvalue weighted by molar-refractivity contribution is 5.26. The van der Waals surface area contributed by atoms with Crippen molar-refractivity contribution in [2.45, 2.75) is 39.7 Å². The summed E-state index contributed by atoms with van der Waals surface area (Å²) in [7, 11) is 0. The van der Waals surface area contributed by atoms with Crippen LogP contribution < -0.4 is 5.32 Å². The molecular formula is C16H27NO2. The van der Waals surface area contributed by atoms with Crippen molar-refractivity contribution in [3.8, 4) is 5.75 Å². The number of benzene rings is 1. The van der Waals surface area contributed by atoms with E-state index in [4.69, 9.17) is 4.74 Å². The first-order valence-electron chi connectivity index (χ1n) is 7.17. The molecule has 0 aliphatic rings. The predicted molar refractivity (Wildman–Crippen MR) is 79.5 cm³/mol. The third kappa shape index (κ3) is 7.85. The summed E-state index contributed by atoms with van der Waals surface area (Å²) in [4.78, 5) is 0. The molecule has 0 spiro atoms. The molecule has 1 rings (SSSR count). The Labute approximate surface area is 117 Å². The number of hydrogen-bond donors (Lipinski definition) is 2. The van der Waals surface area contributed by atoms with E-state index in [9.17, 15) is 5.11 Å². The van der Waals surface area contributed by atoms with Gasteiger partial charge in [-0.3, -0.25) is 0 Å². The second kappa shape index (κ2) is 8.94. The maximum Gasteiger partial charge on any atom is 0.115 e. The summed E-state index contributed by atoms with van der Waals surface area (Å²) in [6.07, 6.45) is 2.09. The zero-order valence-electron chi connectivity index (χ0n) is 12.4. The molecule has 0 saturated heterocycles. The zero-order chi connectivity index (χ0) is 14.1. The quantitative estimate of drug-likeness (QED) is 0.674. The highest BCUT2D eigenvalue weighted by Crippen LogP contribution is 2.11. The number of rotatable bonds is 9. The molecule has 108 valence electrons. The second-order valence-corrected chi connectivity index (χ2v) is 5.52. The SMILES string of the molecule is CC(C)CCOCCNC(C)Cc1ccc(O)cc1. The van der Waals surface area contributed by atoms with Crippen LogP contribution in [0.3, 0.4) is 0 Å². The summed E-state index contributed by atoms with van der Waals surface area (Å²) in [5.41, 5.74) is 1.23. The van der Waals surface area contributed by atoms with E-state index in [2.05, 4.69) is 26.1 Å².